The van der Waals surface area contributed by atoms with Gasteiger partial charge in [0.15, 0.2) is 11.2 Å². The van der Waals surface area contributed by atoms with Gasteiger partial charge in [0.1, 0.15) is 0 Å². The van der Waals surface area contributed by atoms with Crippen molar-refractivity contribution in [1.82, 2.24) is 19.1 Å². The molecule has 24 heavy (non-hydrogen) atoms. The van der Waals surface area contributed by atoms with E-state index >= 15 is 0 Å². The zero-order chi connectivity index (χ0) is 17.1. The number of H-pyrrole nitrogens is 1. The van der Waals surface area contributed by atoms with Gasteiger partial charge in [-0.05, 0) is 5.56 Å². The molecule has 0 atom stereocenters. The van der Waals surface area contributed by atoms with Crippen LogP contribution in [0.4, 0.5) is 5.95 Å². The molecular weight excluding hydrogens is 312 g/mol. The summed E-state index contributed by atoms with van der Waals surface area (Å²) in [6.07, 6.45) is 1.60. The molecule has 0 saturated carbocycles. The molecule has 0 bridgehead atoms. The van der Waals surface area contributed by atoms with E-state index < -0.39 is 11.2 Å². The number of aromatic nitrogens is 4. The Hall–Kier alpha value is -3.20. The lowest BCUT2D eigenvalue weighted by atomic mass is 10.2. The summed E-state index contributed by atoms with van der Waals surface area (Å²) in [6, 6.07) is 9.44. The Morgan fingerprint density at radius 3 is 2.79 bits per heavy atom. The lowest BCUT2D eigenvalue weighted by Crippen LogP contribution is -2.29. The summed E-state index contributed by atoms with van der Waals surface area (Å²) in [4.78, 5) is 30.2. The highest BCUT2D eigenvalue weighted by molar-refractivity contribution is 5.80. The summed E-state index contributed by atoms with van der Waals surface area (Å²) in [5.74, 6) is 0.262. The SMILES string of the molecule is Cn1c(=O)[nH]c(=O)c2c1nc(NN=Cc1ccccc1)n2CCO. The zero-order valence-corrected chi connectivity index (χ0v) is 12.9. The molecule has 0 spiro atoms. The number of imidazole rings is 1. The Morgan fingerprint density at radius 2 is 2.08 bits per heavy atom. The average Bonchev–Trinajstić information content (AvgIpc) is 2.93. The molecule has 0 aliphatic heterocycles. The van der Waals surface area contributed by atoms with E-state index in [2.05, 4.69) is 20.5 Å². The molecule has 3 rings (SSSR count). The molecular formula is C15H16N6O3. The monoisotopic (exact) mass is 328 g/mol. The van der Waals surface area contributed by atoms with Gasteiger partial charge in [-0.3, -0.25) is 14.3 Å². The van der Waals surface area contributed by atoms with Crippen molar-refractivity contribution in [2.75, 3.05) is 12.0 Å². The van der Waals surface area contributed by atoms with E-state index in [0.717, 1.165) is 5.56 Å². The van der Waals surface area contributed by atoms with Crippen molar-refractivity contribution in [1.29, 1.82) is 0 Å². The number of hydrogen-bond acceptors (Lipinski definition) is 6. The molecule has 0 fully saturated rings. The number of aryl methyl sites for hydroxylation is 1. The summed E-state index contributed by atoms with van der Waals surface area (Å²) in [5, 5.41) is 13.3. The highest BCUT2D eigenvalue weighted by atomic mass is 16.3. The molecule has 9 nitrogen and oxygen atoms in total. The van der Waals surface area contributed by atoms with Crippen molar-refractivity contribution < 1.29 is 5.11 Å². The number of rotatable bonds is 5. The normalized spacial score (nSPS) is 11.4. The maximum atomic E-state index is 12.1. The van der Waals surface area contributed by atoms with Gasteiger partial charge in [-0.15, -0.1) is 0 Å². The minimum absolute atomic E-state index is 0.140. The number of hydrazone groups is 1. The molecule has 1 aromatic carbocycles. The number of benzene rings is 1. The molecule has 0 amide bonds. The fraction of sp³-hybridized carbons (Fsp3) is 0.200. The summed E-state index contributed by atoms with van der Waals surface area (Å²) in [5.41, 5.74) is 2.94. The predicted octanol–water partition coefficient (Wildman–Crippen LogP) is -0.138. The Bertz CT molecular complexity index is 1000. The summed E-state index contributed by atoms with van der Waals surface area (Å²) in [6.45, 7) is -0.0498. The van der Waals surface area contributed by atoms with Gasteiger partial charge in [0.05, 0.1) is 12.8 Å². The van der Waals surface area contributed by atoms with Crippen LogP contribution >= 0.6 is 0 Å². The maximum Gasteiger partial charge on any atom is 0.329 e. The molecule has 2 aromatic heterocycles. The van der Waals surface area contributed by atoms with Gasteiger partial charge in [0, 0.05) is 13.6 Å². The first-order valence-corrected chi connectivity index (χ1v) is 7.26. The summed E-state index contributed by atoms with van der Waals surface area (Å²) >= 11 is 0. The molecule has 0 unspecified atom stereocenters. The third-order valence-corrected chi connectivity index (χ3v) is 3.51. The third kappa shape index (κ3) is 2.84. The second-order valence-corrected chi connectivity index (χ2v) is 5.08. The third-order valence-electron chi connectivity index (χ3n) is 3.51. The van der Waals surface area contributed by atoms with E-state index in [1.54, 1.807) is 6.21 Å². The first kappa shape index (κ1) is 15.7. The van der Waals surface area contributed by atoms with Crippen LogP contribution in [0.15, 0.2) is 45.0 Å². The largest absolute Gasteiger partial charge is 0.395 e. The second-order valence-electron chi connectivity index (χ2n) is 5.08. The first-order valence-electron chi connectivity index (χ1n) is 7.26. The molecule has 3 N–H and O–H groups in total. The number of nitrogens with one attached hydrogen (secondary N) is 2. The van der Waals surface area contributed by atoms with Gasteiger partial charge < -0.3 is 9.67 Å². The van der Waals surface area contributed by atoms with Gasteiger partial charge in [0.2, 0.25) is 5.95 Å². The van der Waals surface area contributed by atoms with Gasteiger partial charge in [-0.2, -0.15) is 10.1 Å². The molecule has 9 heteroatoms. The number of fused-ring (bicyclic) bond motifs is 1. The second kappa shape index (κ2) is 6.50. The van der Waals surface area contributed by atoms with Gasteiger partial charge >= 0.3 is 5.69 Å². The lowest BCUT2D eigenvalue weighted by Gasteiger charge is -2.05. The molecule has 0 aliphatic rings. The van der Waals surface area contributed by atoms with Crippen LogP contribution in [0.3, 0.4) is 0 Å². The molecule has 2 heterocycles. The van der Waals surface area contributed by atoms with Crippen LogP contribution in [0.1, 0.15) is 5.56 Å². The van der Waals surface area contributed by atoms with E-state index in [0.29, 0.717) is 0 Å². The quantitative estimate of drug-likeness (QED) is 0.445. The smallest absolute Gasteiger partial charge is 0.329 e. The lowest BCUT2D eigenvalue weighted by molar-refractivity contribution is 0.278. The van der Waals surface area contributed by atoms with E-state index in [4.69, 9.17) is 0 Å². The topological polar surface area (TPSA) is 117 Å². The number of hydrogen-bond donors (Lipinski definition) is 3. The predicted molar refractivity (Wildman–Crippen MR) is 90.3 cm³/mol. The number of nitrogens with zero attached hydrogens (tertiary/aromatic N) is 4. The van der Waals surface area contributed by atoms with Crippen molar-refractivity contribution in [3.63, 3.8) is 0 Å². The minimum atomic E-state index is -0.561. The maximum absolute atomic E-state index is 12.1. The van der Waals surface area contributed by atoms with E-state index in [1.165, 1.54) is 16.2 Å². The molecule has 0 aliphatic carbocycles. The van der Waals surface area contributed by atoms with Crippen LogP contribution in [-0.2, 0) is 13.6 Å². The Labute approximate surface area is 135 Å². The fourth-order valence-electron chi connectivity index (χ4n) is 2.34. The zero-order valence-electron chi connectivity index (χ0n) is 12.9. The van der Waals surface area contributed by atoms with Crippen LogP contribution in [0.2, 0.25) is 0 Å². The Kier molecular flexibility index (Phi) is 4.25. The molecule has 0 radical (unpaired) electrons. The van der Waals surface area contributed by atoms with Crippen LogP contribution in [-0.4, -0.2) is 37.0 Å². The van der Waals surface area contributed by atoms with E-state index in [1.807, 2.05) is 30.3 Å². The van der Waals surface area contributed by atoms with Crippen LogP contribution in [0.5, 0.6) is 0 Å². The molecule has 0 saturated heterocycles. The van der Waals surface area contributed by atoms with Gasteiger partial charge in [-0.1, -0.05) is 30.3 Å². The summed E-state index contributed by atoms with van der Waals surface area (Å²) in [7, 11) is 1.51. The van der Waals surface area contributed by atoms with Crippen LogP contribution in [0, 0.1) is 0 Å². The van der Waals surface area contributed by atoms with E-state index in [9.17, 15) is 14.7 Å². The van der Waals surface area contributed by atoms with E-state index in [-0.39, 0.29) is 30.3 Å². The van der Waals surface area contributed by atoms with Crippen molar-refractivity contribution in [2.45, 2.75) is 6.54 Å². The minimum Gasteiger partial charge on any atom is -0.395 e. The van der Waals surface area contributed by atoms with Crippen LogP contribution in [0.25, 0.3) is 11.2 Å². The first-order chi connectivity index (χ1) is 11.6. The van der Waals surface area contributed by atoms with Crippen molar-refractivity contribution in [3.05, 3.63) is 56.7 Å². The van der Waals surface area contributed by atoms with Crippen molar-refractivity contribution in [3.8, 4) is 0 Å². The average molecular weight is 328 g/mol. The number of aliphatic hydroxyl groups is 1. The summed E-state index contributed by atoms with van der Waals surface area (Å²) < 4.78 is 2.71. The van der Waals surface area contributed by atoms with Crippen LogP contribution < -0.4 is 16.7 Å². The van der Waals surface area contributed by atoms with Gasteiger partial charge in [0.25, 0.3) is 5.56 Å². The van der Waals surface area contributed by atoms with Crippen molar-refractivity contribution >= 4 is 23.3 Å². The van der Waals surface area contributed by atoms with Crippen molar-refractivity contribution in [2.24, 2.45) is 12.1 Å². The standard InChI is InChI=1S/C15H16N6O3/c1-20-12-11(13(23)18-15(20)24)21(7-8-22)14(17-12)19-16-9-10-5-3-2-4-6-10/h2-6,9,22H,7-8H2,1H3,(H,17,19)(H,18,23,24). The Balaban J connectivity index is 2.04. The number of anilines is 1. The van der Waals surface area contributed by atoms with Gasteiger partial charge in [-0.25, -0.2) is 10.2 Å². The Morgan fingerprint density at radius 1 is 1.33 bits per heavy atom. The highest BCUT2D eigenvalue weighted by Gasteiger charge is 2.16. The molecule has 124 valence electrons. The molecule has 3 aromatic rings. The number of aromatic amines is 1. The fourth-order valence-corrected chi connectivity index (χ4v) is 2.34. The highest BCUT2D eigenvalue weighted by Crippen LogP contribution is 2.14. The number of aliphatic hydroxyl groups excluding tert-OH is 1.